The molecular weight excluding hydrogens is 202 g/mol. The summed E-state index contributed by atoms with van der Waals surface area (Å²) in [4.78, 5) is 13.8. The van der Waals surface area contributed by atoms with Gasteiger partial charge in [0.2, 0.25) is 0 Å². The molecule has 2 aromatic rings. The Balaban J connectivity index is 2.89. The molecule has 0 atom stereocenters. The standard InChI is InChI=1S/C9H7NO3S/c1-12-5-2-3-6-7(4-5)13-9(14)10-8(6)11/h2-4H,1H3,(H,10,11,14). The van der Waals surface area contributed by atoms with E-state index in [0.29, 0.717) is 16.7 Å². The number of rotatable bonds is 1. The number of ether oxygens (including phenoxy) is 1. The second kappa shape index (κ2) is 3.26. The lowest BCUT2D eigenvalue weighted by Crippen LogP contribution is -2.05. The van der Waals surface area contributed by atoms with Crippen molar-refractivity contribution < 1.29 is 9.15 Å². The Morgan fingerprint density at radius 1 is 1.50 bits per heavy atom. The second-order valence-electron chi connectivity index (χ2n) is 2.71. The zero-order chi connectivity index (χ0) is 10.1. The molecule has 2 rings (SSSR count). The average Bonchev–Trinajstić information content (AvgIpc) is 2.16. The minimum Gasteiger partial charge on any atom is -0.497 e. The van der Waals surface area contributed by atoms with Gasteiger partial charge in [-0.3, -0.25) is 9.78 Å². The lowest BCUT2D eigenvalue weighted by Gasteiger charge is -1.99. The van der Waals surface area contributed by atoms with Gasteiger partial charge in [-0.1, -0.05) is 0 Å². The molecule has 0 saturated heterocycles. The van der Waals surface area contributed by atoms with Crippen molar-refractivity contribution in [2.24, 2.45) is 0 Å². The van der Waals surface area contributed by atoms with E-state index in [1.54, 1.807) is 25.3 Å². The lowest BCUT2D eigenvalue weighted by molar-refractivity contribution is 0.414. The van der Waals surface area contributed by atoms with Gasteiger partial charge >= 0.3 is 0 Å². The van der Waals surface area contributed by atoms with Crippen LogP contribution in [0.25, 0.3) is 11.0 Å². The van der Waals surface area contributed by atoms with Gasteiger partial charge in [0, 0.05) is 6.07 Å². The first-order valence-corrected chi connectivity index (χ1v) is 4.33. The summed E-state index contributed by atoms with van der Waals surface area (Å²) in [5.41, 5.74) is 0.178. The van der Waals surface area contributed by atoms with Crippen molar-refractivity contribution in [1.82, 2.24) is 4.98 Å². The predicted molar refractivity (Wildman–Crippen MR) is 54.2 cm³/mol. The van der Waals surface area contributed by atoms with Crippen LogP contribution in [0.4, 0.5) is 0 Å². The normalized spacial score (nSPS) is 10.4. The molecule has 72 valence electrons. The molecule has 1 aromatic carbocycles. The molecule has 0 spiro atoms. The maximum absolute atomic E-state index is 11.4. The third-order valence-electron chi connectivity index (χ3n) is 1.85. The summed E-state index contributed by atoms with van der Waals surface area (Å²) in [6.45, 7) is 0. The number of nitrogens with one attached hydrogen (secondary N) is 1. The van der Waals surface area contributed by atoms with Gasteiger partial charge < -0.3 is 9.15 Å². The molecule has 5 heteroatoms. The van der Waals surface area contributed by atoms with E-state index in [4.69, 9.17) is 21.4 Å². The number of H-pyrrole nitrogens is 1. The fraction of sp³-hybridized carbons (Fsp3) is 0.111. The van der Waals surface area contributed by atoms with Crippen LogP contribution in [0.3, 0.4) is 0 Å². The number of fused-ring (bicyclic) bond motifs is 1. The highest BCUT2D eigenvalue weighted by Crippen LogP contribution is 2.17. The van der Waals surface area contributed by atoms with E-state index in [9.17, 15) is 4.79 Å². The van der Waals surface area contributed by atoms with E-state index in [1.165, 1.54) is 0 Å². The Kier molecular flexibility index (Phi) is 2.09. The highest BCUT2D eigenvalue weighted by Gasteiger charge is 2.02. The molecule has 1 N–H and O–H groups in total. The van der Waals surface area contributed by atoms with Crippen molar-refractivity contribution in [3.8, 4) is 5.75 Å². The van der Waals surface area contributed by atoms with Crippen molar-refractivity contribution >= 4 is 23.2 Å². The minimum absolute atomic E-state index is 0.0655. The second-order valence-corrected chi connectivity index (χ2v) is 3.08. The molecule has 0 aliphatic carbocycles. The molecule has 0 radical (unpaired) electrons. The average molecular weight is 209 g/mol. The third-order valence-corrected chi connectivity index (χ3v) is 2.04. The molecule has 0 aliphatic heterocycles. The Morgan fingerprint density at radius 2 is 2.29 bits per heavy atom. The predicted octanol–water partition coefficient (Wildman–Crippen LogP) is 1.86. The van der Waals surface area contributed by atoms with E-state index in [-0.39, 0.29) is 10.4 Å². The molecule has 0 aliphatic rings. The molecule has 0 bridgehead atoms. The Labute approximate surface area is 84.1 Å². The highest BCUT2D eigenvalue weighted by molar-refractivity contribution is 7.71. The van der Waals surface area contributed by atoms with E-state index < -0.39 is 0 Å². The van der Waals surface area contributed by atoms with Crippen LogP contribution in [0, 0.1) is 4.84 Å². The number of hydrogen-bond donors (Lipinski definition) is 1. The first-order chi connectivity index (χ1) is 6.70. The summed E-state index contributed by atoms with van der Waals surface area (Å²) >= 11 is 4.74. The molecule has 1 heterocycles. The summed E-state index contributed by atoms with van der Waals surface area (Å²) in [5, 5.41) is 0.458. The van der Waals surface area contributed by atoms with Crippen LogP contribution in [0.1, 0.15) is 0 Å². The van der Waals surface area contributed by atoms with E-state index in [0.717, 1.165) is 0 Å². The molecule has 4 nitrogen and oxygen atoms in total. The smallest absolute Gasteiger partial charge is 0.269 e. The van der Waals surface area contributed by atoms with Gasteiger partial charge in [0.1, 0.15) is 11.3 Å². The van der Waals surface area contributed by atoms with Crippen LogP contribution >= 0.6 is 12.2 Å². The number of benzene rings is 1. The lowest BCUT2D eigenvalue weighted by atomic mass is 10.2. The van der Waals surface area contributed by atoms with Crippen molar-refractivity contribution in [3.63, 3.8) is 0 Å². The van der Waals surface area contributed by atoms with Gasteiger partial charge in [-0.05, 0) is 24.4 Å². The summed E-state index contributed by atoms with van der Waals surface area (Å²) in [7, 11) is 1.54. The zero-order valence-corrected chi connectivity index (χ0v) is 8.18. The fourth-order valence-corrected chi connectivity index (χ4v) is 1.37. The van der Waals surface area contributed by atoms with Crippen LogP contribution in [-0.4, -0.2) is 12.1 Å². The van der Waals surface area contributed by atoms with Gasteiger partial charge in [0.15, 0.2) is 0 Å². The van der Waals surface area contributed by atoms with Crippen molar-refractivity contribution in [2.75, 3.05) is 7.11 Å². The zero-order valence-electron chi connectivity index (χ0n) is 7.37. The molecule has 0 unspecified atom stereocenters. The largest absolute Gasteiger partial charge is 0.497 e. The number of methoxy groups -OCH3 is 1. The molecular formula is C9H7NO3S. The third kappa shape index (κ3) is 1.42. The maximum Gasteiger partial charge on any atom is 0.269 e. The maximum atomic E-state index is 11.4. The monoisotopic (exact) mass is 209 g/mol. The number of aromatic nitrogens is 1. The van der Waals surface area contributed by atoms with E-state index >= 15 is 0 Å². The summed E-state index contributed by atoms with van der Waals surface area (Å²) in [6, 6.07) is 4.95. The van der Waals surface area contributed by atoms with Gasteiger partial charge in [-0.2, -0.15) is 0 Å². The van der Waals surface area contributed by atoms with Gasteiger partial charge in [-0.15, -0.1) is 0 Å². The summed E-state index contributed by atoms with van der Waals surface area (Å²) in [5.74, 6) is 0.626. The SMILES string of the molecule is COc1ccc2c(=O)[nH]c(=S)oc2c1. The molecule has 0 saturated carbocycles. The van der Waals surface area contributed by atoms with E-state index in [2.05, 4.69) is 4.98 Å². The van der Waals surface area contributed by atoms with Crippen LogP contribution in [0.15, 0.2) is 27.4 Å². The Bertz CT molecular complexity index is 584. The van der Waals surface area contributed by atoms with Crippen LogP contribution in [0.2, 0.25) is 0 Å². The molecule has 1 aromatic heterocycles. The van der Waals surface area contributed by atoms with Crippen molar-refractivity contribution in [2.45, 2.75) is 0 Å². The topological polar surface area (TPSA) is 55.2 Å². The fourth-order valence-electron chi connectivity index (χ4n) is 1.19. The Morgan fingerprint density at radius 3 is 3.00 bits per heavy atom. The Hall–Kier alpha value is -1.62. The minimum atomic E-state index is -0.251. The summed E-state index contributed by atoms with van der Waals surface area (Å²) < 4.78 is 10.2. The van der Waals surface area contributed by atoms with Crippen LogP contribution in [-0.2, 0) is 0 Å². The first-order valence-electron chi connectivity index (χ1n) is 3.92. The quantitative estimate of drug-likeness (QED) is 0.728. The molecule has 0 fully saturated rings. The molecule has 0 amide bonds. The molecule has 14 heavy (non-hydrogen) atoms. The first kappa shape index (κ1) is 8.96. The number of aromatic amines is 1. The summed E-state index contributed by atoms with van der Waals surface area (Å²) in [6.07, 6.45) is 0. The van der Waals surface area contributed by atoms with E-state index in [1.807, 2.05) is 0 Å². The highest BCUT2D eigenvalue weighted by atomic mass is 32.1. The van der Waals surface area contributed by atoms with Crippen molar-refractivity contribution in [3.05, 3.63) is 33.4 Å². The van der Waals surface area contributed by atoms with Gasteiger partial charge in [0.25, 0.3) is 10.4 Å². The van der Waals surface area contributed by atoms with Crippen LogP contribution < -0.4 is 10.3 Å². The number of hydrogen-bond acceptors (Lipinski definition) is 4. The van der Waals surface area contributed by atoms with Crippen molar-refractivity contribution in [1.29, 1.82) is 0 Å². The van der Waals surface area contributed by atoms with Crippen LogP contribution in [0.5, 0.6) is 5.75 Å². The van der Waals surface area contributed by atoms with Gasteiger partial charge in [0.05, 0.1) is 12.5 Å². The van der Waals surface area contributed by atoms with Gasteiger partial charge in [-0.25, -0.2) is 0 Å².